The Bertz CT molecular complexity index is 1500. The van der Waals surface area contributed by atoms with Crippen LogP contribution in [0.15, 0.2) is 65.1 Å². The second-order valence-corrected chi connectivity index (χ2v) is 9.47. The summed E-state index contributed by atoms with van der Waals surface area (Å²) in [6, 6.07) is 17.7. The summed E-state index contributed by atoms with van der Waals surface area (Å²) < 4.78 is 2.12. The molecule has 1 heterocycles. The molecule has 0 atom stereocenters. The molecule has 0 aliphatic rings. The number of carbonyl (C=O) groups is 3. The van der Waals surface area contributed by atoms with Crippen LogP contribution in [0.25, 0.3) is 10.9 Å². The van der Waals surface area contributed by atoms with Gasteiger partial charge in [-0.15, -0.1) is 0 Å². The summed E-state index contributed by atoms with van der Waals surface area (Å²) >= 11 is 9.53. The number of carbonyl (C=O) groups excluding carboxylic acids is 3. The highest BCUT2D eigenvalue weighted by Gasteiger charge is 2.22. The van der Waals surface area contributed by atoms with Crippen molar-refractivity contribution < 1.29 is 14.4 Å². The number of fused-ring (bicyclic) bond motifs is 1. The molecular weight excluding hydrogens is 532 g/mol. The smallest absolute Gasteiger partial charge is 0.320 e. The fourth-order valence-corrected chi connectivity index (χ4v) is 4.24. The van der Waals surface area contributed by atoms with Crippen molar-refractivity contribution in [2.75, 3.05) is 16.1 Å². The van der Waals surface area contributed by atoms with E-state index in [0.29, 0.717) is 32.9 Å². The van der Waals surface area contributed by atoms with Crippen molar-refractivity contribution in [3.8, 4) is 0 Å². The highest BCUT2D eigenvalue weighted by Crippen LogP contribution is 2.25. The van der Waals surface area contributed by atoms with Gasteiger partial charge in [0.1, 0.15) is 5.69 Å². The first kappa shape index (κ1) is 24.5. The van der Waals surface area contributed by atoms with E-state index in [4.69, 9.17) is 11.6 Å². The maximum Gasteiger partial charge on any atom is 0.328 e. The van der Waals surface area contributed by atoms with Crippen LogP contribution < -0.4 is 16.1 Å². The number of nitrogens with zero attached hydrogens (tertiary/aromatic N) is 1. The molecule has 0 spiro atoms. The average molecular weight is 554 g/mol. The van der Waals surface area contributed by atoms with Gasteiger partial charge in [0.25, 0.3) is 5.91 Å². The van der Waals surface area contributed by atoms with Crippen molar-refractivity contribution in [1.82, 2.24) is 4.68 Å². The van der Waals surface area contributed by atoms with E-state index in [1.54, 1.807) is 43.3 Å². The third kappa shape index (κ3) is 5.23. The Kier molecular flexibility index (Phi) is 6.95. The van der Waals surface area contributed by atoms with Crippen LogP contribution in [-0.4, -0.2) is 22.4 Å². The summed E-state index contributed by atoms with van der Waals surface area (Å²) in [5, 5.41) is 6.63. The molecule has 1 aromatic heterocycles. The third-order valence-corrected chi connectivity index (χ3v) is 6.46. The fraction of sp³-hybridized carbons (Fsp3) is 0.115. The molecule has 3 aromatic carbocycles. The van der Waals surface area contributed by atoms with Crippen LogP contribution in [0.5, 0.6) is 0 Å². The summed E-state index contributed by atoms with van der Waals surface area (Å²) in [7, 11) is 0. The molecular formula is C26H22BrClN4O3. The standard InChI is InChI=1S/C26H22BrClN4O3/c1-14-7-9-20(15(2)11-14)29-24(33)23-13-17-12-18(27)8-10-22(17)32(23)31-26(35)25(34)30-21-6-4-5-19(28)16(21)3/h4-13H,1-3H3,(H,29,33)(H,30,34)(H,31,35). The zero-order chi connectivity index (χ0) is 25.3. The first-order valence-corrected chi connectivity index (χ1v) is 11.9. The Hall–Kier alpha value is -3.62. The summed E-state index contributed by atoms with van der Waals surface area (Å²) in [5.74, 6) is -2.27. The fourth-order valence-electron chi connectivity index (χ4n) is 3.69. The minimum Gasteiger partial charge on any atom is -0.320 e. The van der Waals surface area contributed by atoms with E-state index >= 15 is 0 Å². The molecule has 4 aromatic rings. The number of aromatic nitrogens is 1. The topological polar surface area (TPSA) is 92.2 Å². The van der Waals surface area contributed by atoms with E-state index in [1.165, 1.54) is 4.68 Å². The van der Waals surface area contributed by atoms with Gasteiger partial charge >= 0.3 is 11.8 Å². The molecule has 4 rings (SSSR count). The normalized spacial score (nSPS) is 10.8. The zero-order valence-corrected chi connectivity index (χ0v) is 21.5. The van der Waals surface area contributed by atoms with Crippen LogP contribution in [0.2, 0.25) is 5.02 Å². The number of benzene rings is 3. The summed E-state index contributed by atoms with van der Waals surface area (Å²) in [6.07, 6.45) is 0. The van der Waals surface area contributed by atoms with Crippen molar-refractivity contribution >= 4 is 67.5 Å². The number of hydrogen-bond acceptors (Lipinski definition) is 3. The SMILES string of the molecule is Cc1ccc(NC(=O)c2cc3cc(Br)ccc3n2NC(=O)C(=O)Nc2cccc(Cl)c2C)c(C)c1. The Balaban J connectivity index is 1.65. The first-order valence-electron chi connectivity index (χ1n) is 10.7. The molecule has 0 unspecified atom stereocenters. The lowest BCUT2D eigenvalue weighted by Gasteiger charge is -2.14. The summed E-state index contributed by atoms with van der Waals surface area (Å²) in [5.41, 5.74) is 6.97. The lowest BCUT2D eigenvalue weighted by molar-refractivity contribution is -0.133. The molecule has 0 aliphatic heterocycles. The van der Waals surface area contributed by atoms with Crippen molar-refractivity contribution in [1.29, 1.82) is 0 Å². The van der Waals surface area contributed by atoms with Crippen molar-refractivity contribution in [3.05, 3.63) is 92.5 Å². The van der Waals surface area contributed by atoms with E-state index < -0.39 is 17.7 Å². The van der Waals surface area contributed by atoms with Gasteiger partial charge in [-0.25, -0.2) is 4.68 Å². The molecule has 0 saturated carbocycles. The maximum absolute atomic E-state index is 13.2. The Morgan fingerprint density at radius 1 is 0.857 bits per heavy atom. The minimum absolute atomic E-state index is 0.165. The Labute approximate surface area is 215 Å². The molecule has 7 nitrogen and oxygen atoms in total. The highest BCUT2D eigenvalue weighted by molar-refractivity contribution is 9.10. The molecule has 0 saturated heterocycles. The number of nitrogens with one attached hydrogen (secondary N) is 3. The molecule has 0 radical (unpaired) electrons. The summed E-state index contributed by atoms with van der Waals surface area (Å²) in [4.78, 5) is 38.7. The van der Waals surface area contributed by atoms with Crippen molar-refractivity contribution in [2.45, 2.75) is 20.8 Å². The number of rotatable bonds is 4. The molecule has 3 amide bonds. The predicted octanol–water partition coefficient (Wildman–Crippen LogP) is 5.94. The van der Waals surface area contributed by atoms with Gasteiger partial charge in [-0.05, 0) is 74.4 Å². The largest absolute Gasteiger partial charge is 0.328 e. The second kappa shape index (κ2) is 9.93. The minimum atomic E-state index is -0.939. The van der Waals surface area contributed by atoms with E-state index in [2.05, 4.69) is 32.0 Å². The quantitative estimate of drug-likeness (QED) is 0.273. The Morgan fingerprint density at radius 2 is 1.63 bits per heavy atom. The van der Waals surface area contributed by atoms with Gasteiger partial charge < -0.3 is 10.6 Å². The Morgan fingerprint density at radius 3 is 2.37 bits per heavy atom. The monoisotopic (exact) mass is 552 g/mol. The van der Waals surface area contributed by atoms with Crippen LogP contribution >= 0.6 is 27.5 Å². The summed E-state index contributed by atoms with van der Waals surface area (Å²) in [6.45, 7) is 5.61. The maximum atomic E-state index is 13.2. The second-order valence-electron chi connectivity index (χ2n) is 8.15. The third-order valence-electron chi connectivity index (χ3n) is 5.56. The highest BCUT2D eigenvalue weighted by atomic mass is 79.9. The molecule has 0 aliphatic carbocycles. The molecule has 9 heteroatoms. The van der Waals surface area contributed by atoms with Gasteiger partial charge in [-0.3, -0.25) is 19.8 Å². The first-order chi connectivity index (χ1) is 16.6. The van der Waals surface area contributed by atoms with Crippen molar-refractivity contribution in [3.63, 3.8) is 0 Å². The number of amides is 3. The van der Waals surface area contributed by atoms with E-state index in [0.717, 1.165) is 15.6 Å². The van der Waals surface area contributed by atoms with Crippen molar-refractivity contribution in [2.24, 2.45) is 0 Å². The van der Waals surface area contributed by atoms with E-state index in [1.807, 2.05) is 38.1 Å². The van der Waals surface area contributed by atoms with Crippen LogP contribution in [0.1, 0.15) is 27.2 Å². The van der Waals surface area contributed by atoms with Crippen LogP contribution in [-0.2, 0) is 9.59 Å². The van der Waals surface area contributed by atoms with Gasteiger partial charge in [-0.1, -0.05) is 51.3 Å². The molecule has 0 fully saturated rings. The number of hydrogen-bond donors (Lipinski definition) is 3. The number of aryl methyl sites for hydroxylation is 2. The number of halogens is 2. The zero-order valence-electron chi connectivity index (χ0n) is 19.2. The lowest BCUT2D eigenvalue weighted by Crippen LogP contribution is -2.36. The van der Waals surface area contributed by atoms with Crippen LogP contribution in [0, 0.1) is 20.8 Å². The van der Waals surface area contributed by atoms with Crippen LogP contribution in [0.3, 0.4) is 0 Å². The predicted molar refractivity (Wildman–Crippen MR) is 143 cm³/mol. The van der Waals surface area contributed by atoms with Gasteiger partial charge in [-0.2, -0.15) is 0 Å². The van der Waals surface area contributed by atoms with Gasteiger partial charge in [0.15, 0.2) is 0 Å². The number of anilines is 2. The van der Waals surface area contributed by atoms with E-state index in [-0.39, 0.29) is 5.69 Å². The van der Waals surface area contributed by atoms with E-state index in [9.17, 15) is 14.4 Å². The van der Waals surface area contributed by atoms with Gasteiger partial charge in [0.2, 0.25) is 0 Å². The van der Waals surface area contributed by atoms with Crippen LogP contribution in [0.4, 0.5) is 11.4 Å². The molecule has 0 bridgehead atoms. The van der Waals surface area contributed by atoms with Gasteiger partial charge in [0, 0.05) is 26.3 Å². The molecule has 178 valence electrons. The lowest BCUT2D eigenvalue weighted by atomic mass is 10.1. The van der Waals surface area contributed by atoms with Gasteiger partial charge in [0.05, 0.1) is 5.52 Å². The molecule has 35 heavy (non-hydrogen) atoms. The molecule has 3 N–H and O–H groups in total. The average Bonchev–Trinajstić information content (AvgIpc) is 3.16.